The molecule has 1 saturated carbocycles. The Morgan fingerprint density at radius 2 is 1.94 bits per heavy atom. The number of ether oxygens (including phenoxy) is 1. The minimum absolute atomic E-state index is 0.133. The van der Waals surface area contributed by atoms with Gasteiger partial charge in [0.1, 0.15) is 6.29 Å². The lowest BCUT2D eigenvalue weighted by atomic mass is 9.74. The van der Waals surface area contributed by atoms with Crippen molar-refractivity contribution >= 4 is 19.8 Å². The summed E-state index contributed by atoms with van der Waals surface area (Å²) in [5.41, 5.74) is 4.21. The second-order valence-corrected chi connectivity index (χ2v) is 11.2. The van der Waals surface area contributed by atoms with Gasteiger partial charge in [0.15, 0.2) is 0 Å². The van der Waals surface area contributed by atoms with Gasteiger partial charge in [0, 0.05) is 29.3 Å². The summed E-state index contributed by atoms with van der Waals surface area (Å²) in [5.74, 6) is 1.33. The van der Waals surface area contributed by atoms with Crippen LogP contribution in [0.1, 0.15) is 83.9 Å². The van der Waals surface area contributed by atoms with Crippen molar-refractivity contribution in [3.8, 4) is 0 Å². The van der Waals surface area contributed by atoms with Gasteiger partial charge in [0.05, 0.1) is 13.4 Å². The van der Waals surface area contributed by atoms with E-state index >= 15 is 0 Å². The topological polar surface area (TPSA) is 38.3 Å². The molecule has 3 atom stereocenters. The molecule has 0 saturated heterocycles. The highest BCUT2D eigenvalue weighted by Crippen LogP contribution is 2.35. The normalized spacial score (nSPS) is 22.2. The van der Waals surface area contributed by atoms with E-state index < -0.39 is 0 Å². The molecule has 1 fully saturated rings. The maximum absolute atomic E-state index is 11.4. The average Bonchev–Trinajstić information content (AvgIpc) is 2.66. The number of aldehydes is 1. The standard InChI is InChI=1S/C27H42BNO2/c1-19-12-22(14-23(13-19)18-30)15-24-9-8-21(17-28)16-25(24)20(2)29-27(6,7)10-11-31-26(3,4)5/h8-9,16,18-19,22-23,29H,2,10-15,17H2,1,3-7H3. The molecule has 4 heteroatoms. The van der Waals surface area contributed by atoms with Gasteiger partial charge >= 0.3 is 0 Å². The SMILES string of the molecule is [B]Cc1ccc(CC2CC(C)CC(C=O)C2)c(C(=C)NC(C)(C)CCOC(C)(C)C)c1. The molecule has 1 aliphatic carbocycles. The van der Waals surface area contributed by atoms with Crippen molar-refractivity contribution in [2.24, 2.45) is 17.8 Å². The van der Waals surface area contributed by atoms with E-state index in [9.17, 15) is 4.79 Å². The highest BCUT2D eigenvalue weighted by molar-refractivity contribution is 6.08. The maximum atomic E-state index is 11.4. The fraction of sp³-hybridized carbons (Fsp3) is 0.667. The van der Waals surface area contributed by atoms with Gasteiger partial charge in [-0.25, -0.2) is 0 Å². The Bertz CT molecular complexity index is 750. The number of carbonyl (C=O) groups excluding carboxylic acids is 1. The first-order valence-corrected chi connectivity index (χ1v) is 11.8. The Balaban J connectivity index is 2.14. The monoisotopic (exact) mass is 423 g/mol. The molecule has 1 N–H and O–H groups in total. The number of carbonyl (C=O) groups is 1. The first kappa shape index (κ1) is 25.7. The maximum Gasteiger partial charge on any atom is 0.123 e. The van der Waals surface area contributed by atoms with Crippen molar-refractivity contribution < 1.29 is 9.53 Å². The van der Waals surface area contributed by atoms with Crippen molar-refractivity contribution in [3.63, 3.8) is 0 Å². The number of hydrogen-bond acceptors (Lipinski definition) is 3. The molecule has 1 aromatic rings. The summed E-state index contributed by atoms with van der Waals surface area (Å²) in [4.78, 5) is 11.4. The molecule has 170 valence electrons. The van der Waals surface area contributed by atoms with Crippen LogP contribution in [0.15, 0.2) is 24.8 Å². The third kappa shape index (κ3) is 8.48. The Kier molecular flexibility index (Phi) is 9.00. The average molecular weight is 423 g/mol. The lowest BCUT2D eigenvalue weighted by molar-refractivity contribution is -0.112. The van der Waals surface area contributed by atoms with E-state index in [-0.39, 0.29) is 17.1 Å². The number of hydrogen-bond donors (Lipinski definition) is 1. The van der Waals surface area contributed by atoms with Crippen LogP contribution in [0.5, 0.6) is 0 Å². The van der Waals surface area contributed by atoms with Crippen LogP contribution >= 0.6 is 0 Å². The van der Waals surface area contributed by atoms with Crippen molar-refractivity contribution in [1.82, 2.24) is 5.32 Å². The van der Waals surface area contributed by atoms with Crippen LogP contribution in [0.25, 0.3) is 5.70 Å². The minimum atomic E-state index is -0.139. The van der Waals surface area contributed by atoms with Crippen LogP contribution in [0.3, 0.4) is 0 Å². The summed E-state index contributed by atoms with van der Waals surface area (Å²) in [6, 6.07) is 6.50. The summed E-state index contributed by atoms with van der Waals surface area (Å²) < 4.78 is 5.93. The summed E-state index contributed by atoms with van der Waals surface area (Å²) in [5, 5.41) is 3.65. The van der Waals surface area contributed by atoms with Gasteiger partial charge in [-0.2, -0.15) is 0 Å². The molecule has 0 heterocycles. The van der Waals surface area contributed by atoms with Crippen molar-refractivity contribution in [1.29, 1.82) is 0 Å². The van der Waals surface area contributed by atoms with Crippen LogP contribution in [-0.2, 0) is 22.3 Å². The van der Waals surface area contributed by atoms with Gasteiger partial charge in [-0.3, -0.25) is 0 Å². The van der Waals surface area contributed by atoms with Gasteiger partial charge < -0.3 is 14.8 Å². The van der Waals surface area contributed by atoms with Crippen LogP contribution in [0, 0.1) is 17.8 Å². The highest BCUT2D eigenvalue weighted by atomic mass is 16.5. The zero-order valence-electron chi connectivity index (χ0n) is 20.6. The van der Waals surface area contributed by atoms with Crippen LogP contribution in [-0.4, -0.2) is 31.9 Å². The number of benzene rings is 1. The third-order valence-electron chi connectivity index (χ3n) is 6.26. The molecule has 31 heavy (non-hydrogen) atoms. The first-order valence-electron chi connectivity index (χ1n) is 11.8. The van der Waals surface area contributed by atoms with E-state index in [1.54, 1.807) is 0 Å². The second-order valence-electron chi connectivity index (χ2n) is 11.2. The Morgan fingerprint density at radius 3 is 2.55 bits per heavy atom. The lowest BCUT2D eigenvalue weighted by Crippen LogP contribution is -2.39. The summed E-state index contributed by atoms with van der Waals surface area (Å²) >= 11 is 0. The first-order chi connectivity index (χ1) is 14.4. The predicted octanol–water partition coefficient (Wildman–Crippen LogP) is 5.69. The Hall–Kier alpha value is -1.55. The Labute approximate surface area is 191 Å². The number of nitrogens with one attached hydrogen (secondary N) is 1. The molecule has 0 aliphatic heterocycles. The van der Waals surface area contributed by atoms with Crippen LogP contribution < -0.4 is 5.32 Å². The molecule has 1 aromatic carbocycles. The molecule has 0 amide bonds. The van der Waals surface area contributed by atoms with Gasteiger partial charge in [0.2, 0.25) is 0 Å². The fourth-order valence-electron chi connectivity index (χ4n) is 4.75. The van der Waals surface area contributed by atoms with Gasteiger partial charge in [0.25, 0.3) is 0 Å². The van der Waals surface area contributed by atoms with E-state index in [0.29, 0.717) is 24.8 Å². The van der Waals surface area contributed by atoms with Gasteiger partial charge in [-0.15, -0.1) is 0 Å². The van der Waals surface area contributed by atoms with Crippen molar-refractivity contribution in [3.05, 3.63) is 41.5 Å². The molecular formula is C27H42BNO2. The molecular weight excluding hydrogens is 381 g/mol. The molecule has 0 spiro atoms. The quantitative estimate of drug-likeness (QED) is 0.388. The highest BCUT2D eigenvalue weighted by Gasteiger charge is 2.27. The second kappa shape index (κ2) is 10.9. The Morgan fingerprint density at radius 1 is 1.23 bits per heavy atom. The minimum Gasteiger partial charge on any atom is -0.380 e. The van der Waals surface area contributed by atoms with E-state index in [2.05, 4.69) is 71.6 Å². The largest absolute Gasteiger partial charge is 0.380 e. The fourth-order valence-corrected chi connectivity index (χ4v) is 4.75. The molecule has 3 nitrogen and oxygen atoms in total. The van der Waals surface area contributed by atoms with E-state index in [1.807, 2.05) is 0 Å². The van der Waals surface area contributed by atoms with E-state index in [4.69, 9.17) is 12.6 Å². The molecule has 3 unspecified atom stereocenters. The summed E-state index contributed by atoms with van der Waals surface area (Å²) in [7, 11) is 5.94. The van der Waals surface area contributed by atoms with Crippen LogP contribution in [0.4, 0.5) is 0 Å². The van der Waals surface area contributed by atoms with Crippen molar-refractivity contribution in [2.45, 2.75) is 91.1 Å². The van der Waals surface area contributed by atoms with Gasteiger partial charge in [-0.05, 0) is 84.1 Å². The van der Waals surface area contributed by atoms with Gasteiger partial charge in [-0.1, -0.05) is 43.6 Å². The van der Waals surface area contributed by atoms with Crippen molar-refractivity contribution in [2.75, 3.05) is 6.61 Å². The molecule has 2 radical (unpaired) electrons. The van der Waals surface area contributed by atoms with E-state index in [0.717, 1.165) is 48.8 Å². The molecule has 2 rings (SSSR count). The van der Waals surface area contributed by atoms with Crippen LogP contribution in [0.2, 0.25) is 0 Å². The van der Waals surface area contributed by atoms with E-state index in [1.165, 1.54) is 12.0 Å². The molecule has 0 aromatic heterocycles. The number of rotatable bonds is 10. The third-order valence-corrected chi connectivity index (χ3v) is 6.26. The molecule has 0 bridgehead atoms. The smallest absolute Gasteiger partial charge is 0.123 e. The zero-order valence-corrected chi connectivity index (χ0v) is 20.6. The predicted molar refractivity (Wildman–Crippen MR) is 132 cm³/mol. The lowest BCUT2D eigenvalue weighted by Gasteiger charge is -2.33. The molecule has 1 aliphatic rings. The summed E-state index contributed by atoms with van der Waals surface area (Å²) in [6.45, 7) is 18.0. The summed E-state index contributed by atoms with van der Waals surface area (Å²) in [6.07, 6.45) is 6.72. The zero-order chi connectivity index (χ0) is 23.2.